The van der Waals surface area contributed by atoms with Crippen molar-refractivity contribution < 1.29 is 4.74 Å². The predicted octanol–water partition coefficient (Wildman–Crippen LogP) is 2.94. The largest absolute Gasteiger partial charge is 0.494 e. The lowest BCUT2D eigenvalue weighted by Gasteiger charge is -2.10. The van der Waals surface area contributed by atoms with Crippen LogP contribution in [-0.4, -0.2) is 18.1 Å². The summed E-state index contributed by atoms with van der Waals surface area (Å²) >= 11 is 1.69. The Morgan fingerprint density at radius 1 is 1.37 bits per heavy atom. The molecule has 2 aromatic rings. The normalized spacial score (nSPS) is 10.7. The topological polar surface area (TPSA) is 48.1 Å². The third-order valence-electron chi connectivity index (χ3n) is 2.86. The van der Waals surface area contributed by atoms with Crippen molar-refractivity contribution in [3.05, 3.63) is 45.4 Å². The van der Waals surface area contributed by atoms with E-state index in [1.54, 1.807) is 11.3 Å². The summed E-state index contributed by atoms with van der Waals surface area (Å²) in [4.78, 5) is 4.61. The summed E-state index contributed by atoms with van der Waals surface area (Å²) in [7, 11) is 0. The molecule has 1 aromatic heterocycles. The molecule has 0 saturated heterocycles. The summed E-state index contributed by atoms with van der Waals surface area (Å²) < 4.78 is 5.68. The highest BCUT2D eigenvalue weighted by molar-refractivity contribution is 7.09. The molecule has 0 saturated carbocycles. The zero-order chi connectivity index (χ0) is 13.7. The standard InChI is InChI=1S/C15H20N2OS/c1-3-18-14-5-4-11(2)8-12(14)9-15-17-13(6-7-16)10-19-15/h4-5,8,10H,3,6-7,9,16H2,1-2H3. The van der Waals surface area contributed by atoms with Gasteiger partial charge < -0.3 is 10.5 Å². The second-order valence-corrected chi connectivity index (χ2v) is 5.43. The Bertz CT molecular complexity index is 537. The Balaban J connectivity index is 2.18. The number of ether oxygens (including phenoxy) is 1. The van der Waals surface area contributed by atoms with E-state index in [0.717, 1.165) is 29.3 Å². The lowest BCUT2D eigenvalue weighted by atomic mass is 10.1. The first kappa shape index (κ1) is 14.0. The number of rotatable bonds is 6. The quantitative estimate of drug-likeness (QED) is 0.882. The number of nitrogens with zero attached hydrogens (tertiary/aromatic N) is 1. The average Bonchev–Trinajstić information content (AvgIpc) is 2.81. The first-order valence-electron chi connectivity index (χ1n) is 6.58. The Labute approximate surface area is 118 Å². The van der Waals surface area contributed by atoms with E-state index >= 15 is 0 Å². The van der Waals surface area contributed by atoms with E-state index in [9.17, 15) is 0 Å². The van der Waals surface area contributed by atoms with Crippen LogP contribution in [0.25, 0.3) is 0 Å². The minimum absolute atomic E-state index is 0.651. The molecule has 0 unspecified atom stereocenters. The van der Waals surface area contributed by atoms with Gasteiger partial charge >= 0.3 is 0 Å². The van der Waals surface area contributed by atoms with Crippen LogP contribution in [0.4, 0.5) is 0 Å². The Kier molecular flexibility index (Phi) is 4.93. The Morgan fingerprint density at radius 2 is 2.21 bits per heavy atom. The second kappa shape index (κ2) is 6.68. The highest BCUT2D eigenvalue weighted by Gasteiger charge is 2.08. The van der Waals surface area contributed by atoms with Gasteiger partial charge in [0, 0.05) is 23.8 Å². The molecule has 2 rings (SSSR count). The summed E-state index contributed by atoms with van der Waals surface area (Å²) in [5.41, 5.74) is 9.09. The van der Waals surface area contributed by atoms with Gasteiger partial charge in [-0.25, -0.2) is 4.98 Å². The van der Waals surface area contributed by atoms with Crippen LogP contribution in [0.5, 0.6) is 5.75 Å². The lowest BCUT2D eigenvalue weighted by molar-refractivity contribution is 0.337. The van der Waals surface area contributed by atoms with Gasteiger partial charge in [-0.15, -0.1) is 11.3 Å². The molecule has 0 aliphatic heterocycles. The number of thiazole rings is 1. The van der Waals surface area contributed by atoms with Crippen LogP contribution >= 0.6 is 11.3 Å². The number of benzene rings is 1. The molecule has 1 heterocycles. The molecule has 4 heteroatoms. The van der Waals surface area contributed by atoms with Crippen LogP contribution in [-0.2, 0) is 12.8 Å². The maximum absolute atomic E-state index is 5.68. The predicted molar refractivity (Wildman–Crippen MR) is 80.0 cm³/mol. The van der Waals surface area contributed by atoms with Gasteiger partial charge in [0.15, 0.2) is 0 Å². The molecular weight excluding hydrogens is 256 g/mol. The van der Waals surface area contributed by atoms with Gasteiger partial charge in [-0.3, -0.25) is 0 Å². The van der Waals surface area contributed by atoms with E-state index in [4.69, 9.17) is 10.5 Å². The maximum Gasteiger partial charge on any atom is 0.122 e. The molecule has 0 fully saturated rings. The van der Waals surface area contributed by atoms with Crippen LogP contribution in [0.3, 0.4) is 0 Å². The zero-order valence-electron chi connectivity index (χ0n) is 11.5. The maximum atomic E-state index is 5.68. The average molecular weight is 276 g/mol. The third kappa shape index (κ3) is 3.78. The fourth-order valence-corrected chi connectivity index (χ4v) is 2.85. The molecule has 0 radical (unpaired) electrons. The van der Waals surface area contributed by atoms with E-state index in [-0.39, 0.29) is 0 Å². The first-order chi connectivity index (χ1) is 9.22. The summed E-state index contributed by atoms with van der Waals surface area (Å²) in [6.45, 7) is 5.44. The van der Waals surface area contributed by atoms with Crippen LogP contribution in [0, 0.1) is 6.92 Å². The SMILES string of the molecule is CCOc1ccc(C)cc1Cc1nc(CCN)cs1. The van der Waals surface area contributed by atoms with Gasteiger partial charge in [0.05, 0.1) is 17.3 Å². The molecule has 3 nitrogen and oxygen atoms in total. The Morgan fingerprint density at radius 3 is 2.95 bits per heavy atom. The van der Waals surface area contributed by atoms with Crippen molar-refractivity contribution in [3.63, 3.8) is 0 Å². The van der Waals surface area contributed by atoms with Crippen molar-refractivity contribution in [2.24, 2.45) is 5.73 Å². The fourth-order valence-electron chi connectivity index (χ4n) is 2.00. The van der Waals surface area contributed by atoms with Gasteiger partial charge in [-0.1, -0.05) is 17.7 Å². The van der Waals surface area contributed by atoms with Crippen LogP contribution < -0.4 is 10.5 Å². The highest BCUT2D eigenvalue weighted by Crippen LogP contribution is 2.24. The third-order valence-corrected chi connectivity index (χ3v) is 3.75. The number of hydrogen-bond acceptors (Lipinski definition) is 4. The minimum Gasteiger partial charge on any atom is -0.494 e. The van der Waals surface area contributed by atoms with Crippen LogP contribution in [0.2, 0.25) is 0 Å². The number of hydrogen-bond donors (Lipinski definition) is 1. The molecule has 0 atom stereocenters. The van der Waals surface area contributed by atoms with E-state index in [1.807, 2.05) is 13.0 Å². The number of aromatic nitrogens is 1. The summed E-state index contributed by atoms with van der Waals surface area (Å²) in [5, 5.41) is 3.22. The number of nitrogens with two attached hydrogens (primary N) is 1. The van der Waals surface area contributed by atoms with E-state index < -0.39 is 0 Å². The van der Waals surface area contributed by atoms with E-state index in [1.165, 1.54) is 11.1 Å². The van der Waals surface area contributed by atoms with Gasteiger partial charge in [0.2, 0.25) is 0 Å². The monoisotopic (exact) mass is 276 g/mol. The minimum atomic E-state index is 0.651. The van der Waals surface area contributed by atoms with E-state index in [2.05, 4.69) is 29.4 Å². The van der Waals surface area contributed by atoms with E-state index in [0.29, 0.717) is 13.2 Å². The molecule has 102 valence electrons. The van der Waals surface area contributed by atoms with Crippen molar-refractivity contribution in [1.29, 1.82) is 0 Å². The van der Waals surface area contributed by atoms with Gasteiger partial charge in [-0.05, 0) is 26.5 Å². The molecule has 1 aromatic carbocycles. The summed E-state index contributed by atoms with van der Waals surface area (Å²) in [5.74, 6) is 0.962. The zero-order valence-corrected chi connectivity index (χ0v) is 12.3. The molecule has 2 N–H and O–H groups in total. The molecule has 0 bridgehead atoms. The van der Waals surface area contributed by atoms with Gasteiger partial charge in [0.25, 0.3) is 0 Å². The molecule has 0 aliphatic carbocycles. The van der Waals surface area contributed by atoms with Gasteiger partial charge in [-0.2, -0.15) is 0 Å². The first-order valence-corrected chi connectivity index (χ1v) is 7.46. The summed E-state index contributed by atoms with van der Waals surface area (Å²) in [6, 6.07) is 6.30. The number of aryl methyl sites for hydroxylation is 1. The molecule has 0 amide bonds. The van der Waals surface area contributed by atoms with Crippen molar-refractivity contribution >= 4 is 11.3 Å². The van der Waals surface area contributed by atoms with Crippen LogP contribution in [0.15, 0.2) is 23.6 Å². The van der Waals surface area contributed by atoms with Crippen molar-refractivity contribution in [3.8, 4) is 5.75 Å². The van der Waals surface area contributed by atoms with Crippen molar-refractivity contribution in [2.75, 3.05) is 13.2 Å². The van der Waals surface area contributed by atoms with Crippen molar-refractivity contribution in [1.82, 2.24) is 4.98 Å². The lowest BCUT2D eigenvalue weighted by Crippen LogP contribution is -2.03. The molecule has 0 spiro atoms. The molecular formula is C15H20N2OS. The second-order valence-electron chi connectivity index (χ2n) is 4.49. The Hall–Kier alpha value is -1.39. The fraction of sp³-hybridized carbons (Fsp3) is 0.400. The van der Waals surface area contributed by atoms with Crippen molar-refractivity contribution in [2.45, 2.75) is 26.7 Å². The summed E-state index contributed by atoms with van der Waals surface area (Å²) in [6.07, 6.45) is 1.68. The molecule has 19 heavy (non-hydrogen) atoms. The van der Waals surface area contributed by atoms with Gasteiger partial charge in [0.1, 0.15) is 5.75 Å². The molecule has 0 aliphatic rings. The highest BCUT2D eigenvalue weighted by atomic mass is 32.1. The van der Waals surface area contributed by atoms with Crippen LogP contribution in [0.1, 0.15) is 28.8 Å². The smallest absolute Gasteiger partial charge is 0.122 e.